The predicted molar refractivity (Wildman–Crippen MR) is 80.6 cm³/mol. The molecule has 0 amide bonds. The molecule has 0 spiro atoms. The van der Waals surface area contributed by atoms with Crippen molar-refractivity contribution in [2.24, 2.45) is 0 Å². The molecule has 21 heavy (non-hydrogen) atoms. The van der Waals surface area contributed by atoms with Gasteiger partial charge in [-0.2, -0.15) is 0 Å². The third-order valence-electron chi connectivity index (χ3n) is 3.68. The third kappa shape index (κ3) is 4.51. The van der Waals surface area contributed by atoms with Crippen LogP contribution in [-0.2, 0) is 21.2 Å². The molecule has 2 rings (SSSR count). The highest BCUT2D eigenvalue weighted by Crippen LogP contribution is 2.22. The topological polar surface area (TPSA) is 75.6 Å². The second-order valence-electron chi connectivity index (χ2n) is 5.79. The van der Waals surface area contributed by atoms with Crippen molar-refractivity contribution in [3.05, 3.63) is 29.8 Å². The average Bonchev–Trinajstić information content (AvgIpc) is 2.45. The Bertz CT molecular complexity index is 548. The summed E-state index contributed by atoms with van der Waals surface area (Å²) >= 11 is 0. The van der Waals surface area contributed by atoms with E-state index in [-0.39, 0.29) is 11.5 Å². The summed E-state index contributed by atoms with van der Waals surface area (Å²) in [4.78, 5) is 0.266. The van der Waals surface area contributed by atoms with Crippen molar-refractivity contribution < 1.29 is 18.3 Å². The molecule has 1 aromatic rings. The molecule has 0 aliphatic carbocycles. The molecule has 1 atom stereocenters. The van der Waals surface area contributed by atoms with Crippen molar-refractivity contribution in [2.45, 2.75) is 43.0 Å². The van der Waals surface area contributed by atoms with Gasteiger partial charge in [0.15, 0.2) is 0 Å². The fourth-order valence-electron chi connectivity index (χ4n) is 2.52. The minimum absolute atomic E-state index is 0.139. The maximum atomic E-state index is 12.4. The average molecular weight is 313 g/mol. The van der Waals surface area contributed by atoms with Crippen molar-refractivity contribution in [3.8, 4) is 0 Å². The second kappa shape index (κ2) is 6.87. The predicted octanol–water partition coefficient (Wildman–Crippen LogP) is 1.46. The smallest absolute Gasteiger partial charge is 0.241 e. The van der Waals surface area contributed by atoms with Gasteiger partial charge in [-0.3, -0.25) is 0 Å². The Morgan fingerprint density at radius 1 is 1.33 bits per heavy atom. The minimum atomic E-state index is -3.54. The Morgan fingerprint density at radius 2 is 2.05 bits per heavy atom. The first kappa shape index (κ1) is 16.4. The van der Waals surface area contributed by atoms with Crippen molar-refractivity contribution in [1.29, 1.82) is 0 Å². The van der Waals surface area contributed by atoms with Gasteiger partial charge < -0.3 is 9.84 Å². The quantitative estimate of drug-likeness (QED) is 0.834. The number of rotatable bonds is 6. The molecular formula is C15H23NO4S. The van der Waals surface area contributed by atoms with E-state index in [9.17, 15) is 8.42 Å². The monoisotopic (exact) mass is 313 g/mol. The maximum absolute atomic E-state index is 12.4. The zero-order valence-corrected chi connectivity index (χ0v) is 13.2. The van der Waals surface area contributed by atoms with E-state index in [0.29, 0.717) is 19.6 Å². The molecule has 5 nitrogen and oxygen atoms in total. The van der Waals surface area contributed by atoms with E-state index in [1.807, 2.05) is 6.92 Å². The van der Waals surface area contributed by atoms with Crippen LogP contribution in [0.15, 0.2) is 29.2 Å². The first-order valence-corrected chi connectivity index (χ1v) is 8.75. The summed E-state index contributed by atoms with van der Waals surface area (Å²) in [6.07, 6.45) is 3.06. The number of hydrogen-bond acceptors (Lipinski definition) is 4. The van der Waals surface area contributed by atoms with Gasteiger partial charge in [0.1, 0.15) is 0 Å². The van der Waals surface area contributed by atoms with E-state index in [1.54, 1.807) is 24.3 Å². The summed E-state index contributed by atoms with van der Waals surface area (Å²) in [7, 11) is -3.54. The molecule has 118 valence electrons. The maximum Gasteiger partial charge on any atom is 0.241 e. The van der Waals surface area contributed by atoms with Crippen LogP contribution in [0.4, 0.5) is 0 Å². The molecule has 1 aromatic carbocycles. The number of hydrogen-bond donors (Lipinski definition) is 2. The van der Waals surface area contributed by atoms with Crippen LogP contribution in [0.2, 0.25) is 0 Å². The Kier molecular flexibility index (Phi) is 5.37. The normalized spacial score (nSPS) is 23.1. The first-order valence-electron chi connectivity index (χ1n) is 7.27. The van der Waals surface area contributed by atoms with E-state index >= 15 is 0 Å². The molecule has 1 aliphatic rings. The van der Waals surface area contributed by atoms with Gasteiger partial charge in [0.25, 0.3) is 0 Å². The van der Waals surface area contributed by atoms with Crippen LogP contribution in [0, 0.1) is 0 Å². The molecule has 2 N–H and O–H groups in total. The lowest BCUT2D eigenvalue weighted by Gasteiger charge is -2.33. The van der Waals surface area contributed by atoms with Gasteiger partial charge in [0, 0.05) is 13.2 Å². The second-order valence-corrected chi connectivity index (χ2v) is 7.48. The highest BCUT2D eigenvalue weighted by atomic mass is 32.2. The summed E-state index contributed by atoms with van der Waals surface area (Å²) in [6, 6.07) is 6.82. The van der Waals surface area contributed by atoms with Crippen LogP contribution in [-0.4, -0.2) is 38.9 Å². The summed E-state index contributed by atoms with van der Waals surface area (Å²) in [5.41, 5.74) is 0.488. The van der Waals surface area contributed by atoms with Crippen LogP contribution >= 0.6 is 0 Å². The molecule has 1 aliphatic heterocycles. The van der Waals surface area contributed by atoms with Crippen LogP contribution in [0.3, 0.4) is 0 Å². The molecule has 0 bridgehead atoms. The molecule has 1 saturated heterocycles. The van der Waals surface area contributed by atoms with Gasteiger partial charge in [0.2, 0.25) is 10.0 Å². The number of nitrogens with one attached hydrogen (secondary N) is 1. The van der Waals surface area contributed by atoms with Gasteiger partial charge in [-0.15, -0.1) is 0 Å². The summed E-state index contributed by atoms with van der Waals surface area (Å²) < 4.78 is 33.0. The standard InChI is InChI=1S/C15H23NO4S/c1-15(9-3-11-20-12-15)16-21(18,19)14-7-5-13(6-8-14)4-2-10-17/h5-8,16-17H,2-4,9-12H2,1H3. The van der Waals surface area contributed by atoms with Crippen molar-refractivity contribution in [2.75, 3.05) is 19.8 Å². The van der Waals surface area contributed by atoms with E-state index in [0.717, 1.165) is 24.8 Å². The Labute approximate surface area is 126 Å². The Morgan fingerprint density at radius 3 is 2.62 bits per heavy atom. The van der Waals surface area contributed by atoms with Crippen LogP contribution in [0.1, 0.15) is 31.7 Å². The molecule has 0 radical (unpaired) electrons. The lowest BCUT2D eigenvalue weighted by molar-refractivity contribution is 0.0386. The number of ether oxygens (including phenoxy) is 1. The largest absolute Gasteiger partial charge is 0.396 e. The summed E-state index contributed by atoms with van der Waals surface area (Å²) in [5.74, 6) is 0. The highest BCUT2D eigenvalue weighted by molar-refractivity contribution is 7.89. The fourth-order valence-corrected chi connectivity index (χ4v) is 3.94. The number of benzene rings is 1. The lowest BCUT2D eigenvalue weighted by atomic mass is 9.97. The zero-order chi connectivity index (χ0) is 15.3. The minimum Gasteiger partial charge on any atom is -0.396 e. The van der Waals surface area contributed by atoms with Gasteiger partial charge in [-0.25, -0.2) is 13.1 Å². The number of aryl methyl sites for hydroxylation is 1. The van der Waals surface area contributed by atoms with E-state index in [1.165, 1.54) is 0 Å². The van der Waals surface area contributed by atoms with Crippen LogP contribution in [0.25, 0.3) is 0 Å². The molecular weight excluding hydrogens is 290 g/mol. The summed E-state index contributed by atoms with van der Waals surface area (Å²) in [6.45, 7) is 3.11. The van der Waals surface area contributed by atoms with Gasteiger partial charge in [-0.05, 0) is 50.3 Å². The molecule has 1 fully saturated rings. The SMILES string of the molecule is CC1(NS(=O)(=O)c2ccc(CCCO)cc2)CCCOC1. The molecule has 1 unspecified atom stereocenters. The van der Waals surface area contributed by atoms with Gasteiger partial charge in [-0.1, -0.05) is 12.1 Å². The van der Waals surface area contributed by atoms with E-state index in [4.69, 9.17) is 9.84 Å². The number of aliphatic hydroxyl groups is 1. The molecule has 1 heterocycles. The molecule has 0 saturated carbocycles. The zero-order valence-electron chi connectivity index (χ0n) is 12.3. The highest BCUT2D eigenvalue weighted by Gasteiger charge is 2.32. The third-order valence-corrected chi connectivity index (χ3v) is 5.33. The lowest BCUT2D eigenvalue weighted by Crippen LogP contribution is -2.51. The fraction of sp³-hybridized carbons (Fsp3) is 0.600. The van der Waals surface area contributed by atoms with Crippen molar-refractivity contribution in [3.63, 3.8) is 0 Å². The molecule has 0 aromatic heterocycles. The van der Waals surface area contributed by atoms with E-state index in [2.05, 4.69) is 4.72 Å². The Hall–Kier alpha value is -0.950. The van der Waals surface area contributed by atoms with Gasteiger partial charge in [0.05, 0.1) is 17.0 Å². The van der Waals surface area contributed by atoms with Crippen LogP contribution in [0.5, 0.6) is 0 Å². The van der Waals surface area contributed by atoms with Crippen molar-refractivity contribution >= 4 is 10.0 Å². The van der Waals surface area contributed by atoms with E-state index < -0.39 is 15.6 Å². The van der Waals surface area contributed by atoms with Gasteiger partial charge >= 0.3 is 0 Å². The Balaban J connectivity index is 2.08. The number of aliphatic hydroxyl groups excluding tert-OH is 1. The molecule has 6 heteroatoms. The van der Waals surface area contributed by atoms with Crippen molar-refractivity contribution in [1.82, 2.24) is 4.72 Å². The number of sulfonamides is 1. The summed E-state index contributed by atoms with van der Waals surface area (Å²) in [5, 5.41) is 8.80. The first-order chi connectivity index (χ1) is 9.95. The van der Waals surface area contributed by atoms with Crippen LogP contribution < -0.4 is 4.72 Å².